The average molecular weight is 549 g/mol. The third kappa shape index (κ3) is 4.31. The first-order valence-corrected chi connectivity index (χ1v) is 13.3. The number of nitrogens with one attached hydrogen (secondary N) is 1. The Hall–Kier alpha value is -3.49. The highest BCUT2D eigenvalue weighted by molar-refractivity contribution is 6.37. The largest absolute Gasteiger partial charge is 0.337 e. The molecule has 0 atom stereocenters. The van der Waals surface area contributed by atoms with Crippen LogP contribution >= 0.6 is 23.2 Å². The minimum absolute atomic E-state index is 0.136. The molecule has 0 spiro atoms. The summed E-state index contributed by atoms with van der Waals surface area (Å²) in [5, 5.41) is 8.64. The van der Waals surface area contributed by atoms with Crippen molar-refractivity contribution in [3.05, 3.63) is 79.8 Å². The highest BCUT2D eigenvalue weighted by Crippen LogP contribution is 2.39. The van der Waals surface area contributed by atoms with Crippen molar-refractivity contribution in [2.75, 3.05) is 11.9 Å². The molecule has 0 bridgehead atoms. The van der Waals surface area contributed by atoms with Gasteiger partial charge in [0.2, 0.25) is 11.9 Å². The average Bonchev–Trinajstić information content (AvgIpc) is 3.71. The second-order valence-corrected chi connectivity index (χ2v) is 11.5. The number of anilines is 2. The lowest BCUT2D eigenvalue weighted by molar-refractivity contribution is -0.134. The van der Waals surface area contributed by atoms with Gasteiger partial charge in [0, 0.05) is 36.3 Å². The van der Waals surface area contributed by atoms with E-state index in [-0.39, 0.29) is 17.2 Å². The monoisotopic (exact) mass is 548 g/mol. The molecule has 3 heterocycles. The van der Waals surface area contributed by atoms with Gasteiger partial charge in [-0.2, -0.15) is 9.78 Å². The summed E-state index contributed by atoms with van der Waals surface area (Å²) in [4.78, 5) is 37.1. The minimum atomic E-state index is -0.413. The number of hydrogen-bond donors (Lipinski definition) is 1. The van der Waals surface area contributed by atoms with E-state index in [4.69, 9.17) is 23.2 Å². The number of hydrogen-bond acceptors (Lipinski definition) is 6. The van der Waals surface area contributed by atoms with Crippen molar-refractivity contribution < 1.29 is 4.79 Å². The van der Waals surface area contributed by atoms with E-state index in [2.05, 4.69) is 46.4 Å². The number of para-hydroxylation sites is 1. The number of nitrogens with zero attached hydrogens (tertiary/aromatic N) is 5. The van der Waals surface area contributed by atoms with E-state index in [1.54, 1.807) is 25.1 Å². The molecule has 10 heteroatoms. The molecule has 1 fully saturated rings. The van der Waals surface area contributed by atoms with Crippen LogP contribution in [-0.2, 0) is 16.8 Å². The lowest BCUT2D eigenvalue weighted by Crippen LogP contribution is -2.45. The van der Waals surface area contributed by atoms with Gasteiger partial charge in [0.15, 0.2) is 0 Å². The molecule has 1 N–H and O–H groups in total. The van der Waals surface area contributed by atoms with E-state index in [1.807, 2.05) is 11.0 Å². The Kier molecular flexibility index (Phi) is 5.92. The zero-order valence-corrected chi connectivity index (χ0v) is 22.8. The molecule has 0 unspecified atom stereocenters. The molecule has 4 aromatic rings. The molecule has 2 aliphatic rings. The van der Waals surface area contributed by atoms with Gasteiger partial charge in [-0.25, -0.2) is 9.97 Å². The molecule has 8 nitrogen and oxygen atoms in total. The highest BCUT2D eigenvalue weighted by Gasteiger charge is 2.39. The van der Waals surface area contributed by atoms with Gasteiger partial charge in [-0.3, -0.25) is 9.59 Å². The molecule has 1 saturated carbocycles. The van der Waals surface area contributed by atoms with Gasteiger partial charge >= 0.3 is 0 Å². The number of benzene rings is 2. The van der Waals surface area contributed by atoms with Crippen molar-refractivity contribution in [2.45, 2.75) is 45.6 Å². The van der Waals surface area contributed by atoms with Gasteiger partial charge in [0.05, 0.1) is 21.1 Å². The zero-order chi connectivity index (χ0) is 26.8. The van der Waals surface area contributed by atoms with E-state index in [9.17, 15) is 9.59 Å². The van der Waals surface area contributed by atoms with E-state index in [0.29, 0.717) is 44.8 Å². The number of amides is 1. The molecule has 1 aliphatic heterocycles. The first-order valence-electron chi connectivity index (χ1n) is 12.5. The number of fused-ring (bicyclic) bond motifs is 2. The second kappa shape index (κ2) is 9.06. The van der Waals surface area contributed by atoms with E-state index >= 15 is 0 Å². The number of rotatable bonds is 4. The second-order valence-electron chi connectivity index (χ2n) is 10.7. The number of aryl methyl sites for hydroxylation is 1. The van der Waals surface area contributed by atoms with Crippen LogP contribution in [0.1, 0.15) is 43.5 Å². The van der Waals surface area contributed by atoms with Crippen LogP contribution in [0.25, 0.3) is 16.6 Å². The van der Waals surface area contributed by atoms with Gasteiger partial charge in [-0.15, -0.1) is 0 Å². The summed E-state index contributed by atoms with van der Waals surface area (Å²) in [7, 11) is 0. The summed E-state index contributed by atoms with van der Waals surface area (Å²) < 4.78 is 1.19. The summed E-state index contributed by atoms with van der Waals surface area (Å²) in [6.07, 6.45) is 3.48. The molecular formula is C28H26Cl2N6O2. The molecule has 0 radical (unpaired) electrons. The molecule has 1 aliphatic carbocycles. The molecule has 2 aromatic carbocycles. The van der Waals surface area contributed by atoms with E-state index in [0.717, 1.165) is 30.6 Å². The lowest BCUT2D eigenvalue weighted by Gasteiger charge is -2.40. The molecule has 38 heavy (non-hydrogen) atoms. The summed E-state index contributed by atoms with van der Waals surface area (Å²) >= 11 is 12.6. The fraction of sp³-hybridized carbons (Fsp3) is 0.321. The Bertz CT molecular complexity index is 1660. The van der Waals surface area contributed by atoms with Crippen molar-refractivity contribution in [3.8, 4) is 5.69 Å². The fourth-order valence-electron chi connectivity index (χ4n) is 5.23. The van der Waals surface area contributed by atoms with Crippen molar-refractivity contribution in [3.63, 3.8) is 0 Å². The molecule has 194 valence electrons. The Morgan fingerprint density at radius 2 is 1.87 bits per heavy atom. The van der Waals surface area contributed by atoms with E-state index in [1.165, 1.54) is 16.4 Å². The maximum Gasteiger partial charge on any atom is 0.282 e. The van der Waals surface area contributed by atoms with Crippen LogP contribution in [0.5, 0.6) is 0 Å². The topological polar surface area (TPSA) is 93.0 Å². The lowest BCUT2D eigenvalue weighted by atomic mass is 9.78. The molecule has 6 rings (SSSR count). The van der Waals surface area contributed by atoms with Gasteiger partial charge in [-0.1, -0.05) is 49.2 Å². The number of carbonyl (C=O) groups excluding carboxylic acids is 1. The normalized spacial score (nSPS) is 16.4. The Morgan fingerprint density at radius 1 is 1.13 bits per heavy atom. The summed E-state index contributed by atoms with van der Waals surface area (Å²) in [6.45, 7) is 7.44. The first kappa shape index (κ1) is 24.8. The van der Waals surface area contributed by atoms with Gasteiger partial charge in [0.1, 0.15) is 11.2 Å². The summed E-state index contributed by atoms with van der Waals surface area (Å²) in [6, 6.07) is 11.2. The predicted octanol–water partition coefficient (Wildman–Crippen LogP) is 5.56. The van der Waals surface area contributed by atoms with Crippen molar-refractivity contribution in [1.29, 1.82) is 0 Å². The third-order valence-corrected chi connectivity index (χ3v) is 7.84. The Labute approximate surface area is 229 Å². The first-order chi connectivity index (χ1) is 18.1. The van der Waals surface area contributed by atoms with Gasteiger partial charge < -0.3 is 10.2 Å². The van der Waals surface area contributed by atoms with Crippen LogP contribution in [-0.4, -0.2) is 37.1 Å². The minimum Gasteiger partial charge on any atom is -0.337 e. The Morgan fingerprint density at radius 3 is 2.58 bits per heavy atom. The fourth-order valence-corrected chi connectivity index (χ4v) is 5.79. The van der Waals surface area contributed by atoms with Crippen LogP contribution in [0.15, 0.2) is 47.4 Å². The van der Waals surface area contributed by atoms with Crippen LogP contribution < -0.4 is 10.9 Å². The number of halogens is 2. The van der Waals surface area contributed by atoms with Crippen LogP contribution in [0.3, 0.4) is 0 Å². The molecule has 0 saturated heterocycles. The number of carbonyl (C=O) groups is 1. The van der Waals surface area contributed by atoms with Crippen LogP contribution in [0.4, 0.5) is 11.6 Å². The Balaban J connectivity index is 1.33. The van der Waals surface area contributed by atoms with Crippen LogP contribution in [0, 0.1) is 12.8 Å². The zero-order valence-electron chi connectivity index (χ0n) is 21.3. The number of aromatic nitrogens is 4. The van der Waals surface area contributed by atoms with E-state index < -0.39 is 5.56 Å². The smallest absolute Gasteiger partial charge is 0.282 e. The molecule has 2 aromatic heterocycles. The summed E-state index contributed by atoms with van der Waals surface area (Å²) in [5.41, 5.74) is 3.89. The van der Waals surface area contributed by atoms with Crippen LogP contribution in [0.2, 0.25) is 10.0 Å². The predicted molar refractivity (Wildman–Crippen MR) is 149 cm³/mol. The highest BCUT2D eigenvalue weighted by atomic mass is 35.5. The van der Waals surface area contributed by atoms with Crippen molar-refractivity contribution >= 4 is 51.6 Å². The third-order valence-electron chi connectivity index (χ3n) is 7.23. The van der Waals surface area contributed by atoms with Crippen molar-refractivity contribution in [2.24, 2.45) is 5.92 Å². The summed E-state index contributed by atoms with van der Waals surface area (Å²) in [5.74, 6) is 0.790. The quantitative estimate of drug-likeness (QED) is 0.358. The van der Waals surface area contributed by atoms with Gasteiger partial charge in [-0.05, 0) is 55.2 Å². The standard InChI is InChI=1S/C28H26Cl2N6O2/c1-15-23-19(26(38)36(34-15)24-21(29)5-4-6-22(24)30)12-31-27(33-23)32-18-9-10-20-17(11-18)13-35(14-28(20,2)3)25(37)16-7-8-16/h4-6,9-12,16H,7-8,13-14H2,1-3H3,(H,31,32,33). The molecule has 1 amide bonds. The van der Waals surface area contributed by atoms with Gasteiger partial charge in [0.25, 0.3) is 5.56 Å². The van der Waals surface area contributed by atoms with Crippen molar-refractivity contribution in [1.82, 2.24) is 24.6 Å². The SMILES string of the molecule is Cc1nn(-c2c(Cl)cccc2Cl)c(=O)c2cnc(Nc3ccc4c(c3)CN(C(=O)C3CC3)CC4(C)C)nc12. The molecular weight excluding hydrogens is 523 g/mol. The maximum atomic E-state index is 13.3. The maximum absolute atomic E-state index is 13.3.